The standard InChI is InChI=1S/C3H8N2O2.ClH/c1-2(5-4)3(6)7;/h2,5H,4H2,1H3,(H,6,7);1H/t2-;/m1./s1. The highest BCUT2D eigenvalue weighted by molar-refractivity contribution is 5.85. The van der Waals surface area contributed by atoms with Gasteiger partial charge in [0.05, 0.1) is 0 Å². The third kappa shape index (κ3) is 3.86. The second-order valence-corrected chi connectivity index (χ2v) is 1.23. The van der Waals surface area contributed by atoms with Crippen LogP contribution in [0.1, 0.15) is 6.92 Å². The number of hydrogen-bond acceptors (Lipinski definition) is 3. The molecule has 0 aromatic rings. The molecule has 0 aromatic heterocycles. The Kier molecular flexibility index (Phi) is 6.41. The minimum atomic E-state index is -0.942. The van der Waals surface area contributed by atoms with Crippen molar-refractivity contribution in [2.45, 2.75) is 13.0 Å². The zero-order chi connectivity index (χ0) is 5.86. The Bertz CT molecular complexity index is 77.7. The van der Waals surface area contributed by atoms with E-state index in [1.54, 1.807) is 0 Å². The van der Waals surface area contributed by atoms with Crippen molar-refractivity contribution in [3.8, 4) is 0 Å². The average Bonchev–Trinajstić information content (AvgIpc) is 1.65. The summed E-state index contributed by atoms with van der Waals surface area (Å²) in [5.41, 5.74) is 2.06. The van der Waals surface area contributed by atoms with E-state index < -0.39 is 12.0 Å². The Morgan fingerprint density at radius 1 is 1.88 bits per heavy atom. The van der Waals surface area contributed by atoms with Crippen LogP contribution in [0.3, 0.4) is 0 Å². The molecule has 0 spiro atoms. The number of carbonyl (C=O) groups is 1. The van der Waals surface area contributed by atoms with Crippen LogP contribution in [0, 0.1) is 0 Å². The monoisotopic (exact) mass is 140 g/mol. The summed E-state index contributed by atoms with van der Waals surface area (Å²) in [6.07, 6.45) is 0. The maximum absolute atomic E-state index is 9.79. The zero-order valence-corrected chi connectivity index (χ0v) is 5.23. The fourth-order valence-electron chi connectivity index (χ4n) is 0.0713. The number of nitrogens with two attached hydrogens (primary N) is 1. The summed E-state index contributed by atoms with van der Waals surface area (Å²) < 4.78 is 0. The van der Waals surface area contributed by atoms with E-state index in [4.69, 9.17) is 10.9 Å². The van der Waals surface area contributed by atoms with Gasteiger partial charge in [-0.3, -0.25) is 10.6 Å². The summed E-state index contributed by atoms with van der Waals surface area (Å²) in [6, 6.07) is -0.653. The Labute approximate surface area is 53.4 Å². The molecule has 0 aliphatic carbocycles. The lowest BCUT2D eigenvalue weighted by Gasteiger charge is -1.99. The van der Waals surface area contributed by atoms with Crippen LogP contribution in [0.2, 0.25) is 0 Å². The summed E-state index contributed by atoms with van der Waals surface area (Å²) in [4.78, 5) is 9.79. The van der Waals surface area contributed by atoms with E-state index in [0.717, 1.165) is 0 Å². The molecule has 0 radical (unpaired) electrons. The maximum Gasteiger partial charge on any atom is 0.321 e. The second kappa shape index (κ2) is 4.83. The highest BCUT2D eigenvalue weighted by Crippen LogP contribution is 1.72. The van der Waals surface area contributed by atoms with Crippen LogP contribution in [0.4, 0.5) is 0 Å². The molecule has 0 rings (SSSR count). The van der Waals surface area contributed by atoms with E-state index in [1.165, 1.54) is 6.92 Å². The van der Waals surface area contributed by atoms with Gasteiger partial charge in [0.2, 0.25) is 0 Å². The molecule has 0 heterocycles. The molecule has 0 saturated carbocycles. The van der Waals surface area contributed by atoms with Crippen molar-refractivity contribution in [1.82, 2.24) is 5.43 Å². The molecular formula is C3H9ClN2O2. The Morgan fingerprint density at radius 3 is 2.25 bits per heavy atom. The van der Waals surface area contributed by atoms with Crippen LogP contribution < -0.4 is 11.3 Å². The Hall–Kier alpha value is -0.320. The van der Waals surface area contributed by atoms with Crippen LogP contribution in [0.25, 0.3) is 0 Å². The van der Waals surface area contributed by atoms with Gasteiger partial charge in [-0.05, 0) is 6.92 Å². The Balaban J connectivity index is 0. The van der Waals surface area contributed by atoms with Gasteiger partial charge in [0, 0.05) is 0 Å². The first-order valence-electron chi connectivity index (χ1n) is 1.87. The van der Waals surface area contributed by atoms with Gasteiger partial charge in [0.15, 0.2) is 0 Å². The molecule has 0 bridgehead atoms. The number of nitrogens with one attached hydrogen (secondary N) is 1. The molecule has 0 aliphatic heterocycles. The fraction of sp³-hybridized carbons (Fsp3) is 0.667. The van der Waals surface area contributed by atoms with Gasteiger partial charge in [-0.15, -0.1) is 12.4 Å². The predicted molar refractivity (Wildman–Crippen MR) is 31.7 cm³/mol. The van der Waals surface area contributed by atoms with E-state index in [2.05, 4.69) is 5.43 Å². The minimum absolute atomic E-state index is 0. The molecule has 0 saturated heterocycles. The van der Waals surface area contributed by atoms with E-state index in [0.29, 0.717) is 0 Å². The number of rotatable bonds is 2. The van der Waals surface area contributed by atoms with Gasteiger partial charge in [0.25, 0.3) is 0 Å². The lowest BCUT2D eigenvalue weighted by Crippen LogP contribution is -2.38. The number of carboxylic acid groups (broad SMARTS) is 1. The molecule has 5 heteroatoms. The molecule has 0 fully saturated rings. The first-order valence-corrected chi connectivity index (χ1v) is 1.87. The smallest absolute Gasteiger partial charge is 0.321 e. The van der Waals surface area contributed by atoms with Crippen molar-refractivity contribution in [2.24, 2.45) is 5.84 Å². The van der Waals surface area contributed by atoms with Gasteiger partial charge in [-0.2, -0.15) is 0 Å². The van der Waals surface area contributed by atoms with Gasteiger partial charge in [-0.1, -0.05) is 0 Å². The van der Waals surface area contributed by atoms with Gasteiger partial charge >= 0.3 is 5.97 Å². The van der Waals surface area contributed by atoms with Crippen molar-refractivity contribution < 1.29 is 9.90 Å². The van der Waals surface area contributed by atoms with Crippen LogP contribution in [0.15, 0.2) is 0 Å². The number of halogens is 1. The predicted octanol–water partition coefficient (Wildman–Crippen LogP) is -0.655. The van der Waals surface area contributed by atoms with E-state index in [-0.39, 0.29) is 12.4 Å². The normalized spacial score (nSPS) is 11.8. The SMILES string of the molecule is C[C@@H](NN)C(=O)O.Cl. The van der Waals surface area contributed by atoms with E-state index >= 15 is 0 Å². The number of hydrazine groups is 1. The molecule has 50 valence electrons. The maximum atomic E-state index is 9.79. The number of aliphatic carboxylic acids is 1. The first kappa shape index (κ1) is 10.6. The molecule has 1 atom stereocenters. The van der Waals surface area contributed by atoms with Gasteiger partial charge in [-0.25, -0.2) is 5.43 Å². The lowest BCUT2D eigenvalue weighted by atomic mass is 10.4. The highest BCUT2D eigenvalue weighted by atomic mass is 35.5. The van der Waals surface area contributed by atoms with Crippen LogP contribution >= 0.6 is 12.4 Å². The van der Waals surface area contributed by atoms with Crippen LogP contribution in [-0.2, 0) is 4.79 Å². The molecule has 0 aliphatic rings. The third-order valence-electron chi connectivity index (χ3n) is 0.620. The molecule has 4 N–H and O–H groups in total. The second-order valence-electron chi connectivity index (χ2n) is 1.23. The van der Waals surface area contributed by atoms with Crippen LogP contribution in [0.5, 0.6) is 0 Å². The molecule has 0 aromatic carbocycles. The number of hydrogen-bond donors (Lipinski definition) is 3. The van der Waals surface area contributed by atoms with Crippen LogP contribution in [-0.4, -0.2) is 17.1 Å². The van der Waals surface area contributed by atoms with Gasteiger partial charge in [0.1, 0.15) is 6.04 Å². The Morgan fingerprint density at radius 2 is 2.25 bits per heavy atom. The summed E-state index contributed by atoms with van der Waals surface area (Å²) in [5, 5.41) is 8.04. The third-order valence-corrected chi connectivity index (χ3v) is 0.620. The summed E-state index contributed by atoms with van der Waals surface area (Å²) in [7, 11) is 0. The largest absolute Gasteiger partial charge is 0.480 e. The first-order chi connectivity index (χ1) is 3.18. The lowest BCUT2D eigenvalue weighted by molar-refractivity contribution is -0.138. The highest BCUT2D eigenvalue weighted by Gasteiger charge is 2.04. The van der Waals surface area contributed by atoms with Crippen molar-refractivity contribution in [1.29, 1.82) is 0 Å². The fourth-order valence-corrected chi connectivity index (χ4v) is 0.0713. The molecular weight excluding hydrogens is 131 g/mol. The molecule has 8 heavy (non-hydrogen) atoms. The average molecular weight is 141 g/mol. The van der Waals surface area contributed by atoms with Crippen molar-refractivity contribution in [2.75, 3.05) is 0 Å². The van der Waals surface area contributed by atoms with E-state index in [9.17, 15) is 4.79 Å². The summed E-state index contributed by atoms with van der Waals surface area (Å²) in [5.74, 6) is 3.80. The van der Waals surface area contributed by atoms with E-state index in [1.807, 2.05) is 0 Å². The molecule has 0 amide bonds. The zero-order valence-electron chi connectivity index (χ0n) is 4.42. The van der Waals surface area contributed by atoms with Crippen molar-refractivity contribution >= 4 is 18.4 Å². The quantitative estimate of drug-likeness (QED) is 0.352. The van der Waals surface area contributed by atoms with Crippen molar-refractivity contribution in [3.63, 3.8) is 0 Å². The molecule has 4 nitrogen and oxygen atoms in total. The molecule has 0 unspecified atom stereocenters. The number of carboxylic acids is 1. The summed E-state index contributed by atoms with van der Waals surface area (Å²) in [6.45, 7) is 1.46. The van der Waals surface area contributed by atoms with Gasteiger partial charge < -0.3 is 5.11 Å². The topological polar surface area (TPSA) is 75.3 Å². The summed E-state index contributed by atoms with van der Waals surface area (Å²) >= 11 is 0. The van der Waals surface area contributed by atoms with Crippen molar-refractivity contribution in [3.05, 3.63) is 0 Å². The minimum Gasteiger partial charge on any atom is -0.480 e.